The lowest BCUT2D eigenvalue weighted by Gasteiger charge is -2.21. The molecule has 0 saturated heterocycles. The maximum absolute atomic E-state index is 13.0. The van der Waals surface area contributed by atoms with E-state index in [1.807, 2.05) is 0 Å². The maximum atomic E-state index is 13.0. The second kappa shape index (κ2) is 8.93. The van der Waals surface area contributed by atoms with E-state index in [9.17, 15) is 23.1 Å². The van der Waals surface area contributed by atoms with Crippen molar-refractivity contribution in [3.8, 4) is 10.4 Å². The molecule has 9 heteroatoms. The van der Waals surface area contributed by atoms with Crippen molar-refractivity contribution >= 4 is 17.2 Å². The normalized spacial score (nSPS) is 13.7. The van der Waals surface area contributed by atoms with Crippen molar-refractivity contribution in [2.45, 2.75) is 25.2 Å². The molecule has 0 fully saturated rings. The largest absolute Gasteiger partial charge is 0.386 e. The molecule has 0 saturated carbocycles. The molecule has 0 aliphatic carbocycles. The number of aromatic nitrogens is 1. The van der Waals surface area contributed by atoms with Crippen LogP contribution in [0.15, 0.2) is 30.5 Å². The minimum absolute atomic E-state index is 0.308. The quantitative estimate of drug-likeness (QED) is 0.745. The highest BCUT2D eigenvalue weighted by Gasteiger charge is 2.26. The third-order valence-electron chi connectivity index (χ3n) is 3.43. The van der Waals surface area contributed by atoms with Gasteiger partial charge in [0.05, 0.1) is 17.5 Å². The van der Waals surface area contributed by atoms with Crippen molar-refractivity contribution < 1.29 is 27.8 Å². The van der Waals surface area contributed by atoms with Gasteiger partial charge in [0.15, 0.2) is 0 Å². The first-order chi connectivity index (χ1) is 12.0. The fourth-order valence-electron chi connectivity index (χ4n) is 2.16. The number of benzene rings is 1. The highest BCUT2D eigenvalue weighted by molar-refractivity contribution is 7.15. The summed E-state index contributed by atoms with van der Waals surface area (Å²) >= 11 is 1.45. The lowest BCUT2D eigenvalue weighted by Crippen LogP contribution is -2.43. The Morgan fingerprint density at radius 3 is 2.60 bits per heavy atom. The van der Waals surface area contributed by atoms with Gasteiger partial charge in [-0.15, -0.1) is 11.3 Å². The number of alkyl halides is 3. The molecule has 0 bridgehead atoms. The molecular formula is C16H17F3N2O3S. The highest BCUT2D eigenvalue weighted by Crippen LogP contribution is 2.28. The van der Waals surface area contributed by atoms with Gasteiger partial charge >= 0.3 is 6.43 Å². The van der Waals surface area contributed by atoms with Crippen LogP contribution in [0.1, 0.15) is 16.7 Å². The Morgan fingerprint density at radius 2 is 2.04 bits per heavy atom. The number of aliphatic hydroxyl groups is 1. The van der Waals surface area contributed by atoms with Crippen molar-refractivity contribution in [2.75, 3.05) is 13.8 Å². The summed E-state index contributed by atoms with van der Waals surface area (Å²) in [4.78, 5) is 16.1. The van der Waals surface area contributed by atoms with Crippen LogP contribution in [0.4, 0.5) is 13.2 Å². The van der Waals surface area contributed by atoms with Gasteiger partial charge in [-0.2, -0.15) is 8.78 Å². The van der Waals surface area contributed by atoms with E-state index in [4.69, 9.17) is 4.74 Å². The van der Waals surface area contributed by atoms with Crippen LogP contribution in [0.2, 0.25) is 0 Å². The van der Waals surface area contributed by atoms with E-state index in [0.717, 1.165) is 15.4 Å². The van der Waals surface area contributed by atoms with Crippen molar-refractivity contribution in [3.05, 3.63) is 41.0 Å². The Hall–Kier alpha value is -1.97. The van der Waals surface area contributed by atoms with E-state index >= 15 is 0 Å². The standard InChI is InChI=1S/C16H17F3N2O3S/c1-24-8-13-20-7-12(25-13)9-2-4-10(5-3-9)14(22)11(6-17)21-16(23)15(18)19/h2-5,7,11,14-15,22H,6,8H2,1H3,(H,21,23)/t11-,14+/m1/s1. The fourth-order valence-corrected chi connectivity index (χ4v) is 3.05. The lowest BCUT2D eigenvalue weighted by molar-refractivity contribution is -0.133. The molecule has 1 aromatic carbocycles. The van der Waals surface area contributed by atoms with Crippen LogP contribution in [0, 0.1) is 0 Å². The second-order valence-corrected chi connectivity index (χ2v) is 6.30. The number of carbonyl (C=O) groups is 1. The number of carbonyl (C=O) groups excluding carboxylic acids is 1. The van der Waals surface area contributed by atoms with Crippen LogP contribution in [-0.4, -0.2) is 42.2 Å². The van der Waals surface area contributed by atoms with E-state index in [0.29, 0.717) is 12.2 Å². The van der Waals surface area contributed by atoms with Crippen LogP contribution in [0.3, 0.4) is 0 Å². The molecule has 1 heterocycles. The first-order valence-electron chi connectivity index (χ1n) is 7.32. The van der Waals surface area contributed by atoms with Gasteiger partial charge in [-0.1, -0.05) is 24.3 Å². The van der Waals surface area contributed by atoms with Gasteiger partial charge in [0.1, 0.15) is 17.8 Å². The Labute approximate surface area is 146 Å². The molecule has 0 aliphatic rings. The van der Waals surface area contributed by atoms with Gasteiger partial charge < -0.3 is 15.2 Å². The first-order valence-corrected chi connectivity index (χ1v) is 8.14. The predicted octanol–water partition coefficient (Wildman–Crippen LogP) is 2.71. The van der Waals surface area contributed by atoms with Crippen LogP contribution < -0.4 is 5.32 Å². The molecule has 5 nitrogen and oxygen atoms in total. The summed E-state index contributed by atoms with van der Waals surface area (Å²) in [7, 11) is 1.57. The van der Waals surface area contributed by atoms with Crippen molar-refractivity contribution in [2.24, 2.45) is 0 Å². The molecule has 136 valence electrons. The maximum Gasteiger partial charge on any atom is 0.315 e. The minimum Gasteiger partial charge on any atom is -0.386 e. The van der Waals surface area contributed by atoms with Crippen molar-refractivity contribution in [3.63, 3.8) is 0 Å². The SMILES string of the molecule is COCc1ncc(-c2ccc([C@H](O)[C@@H](CF)NC(=O)C(F)F)cc2)s1. The fraction of sp³-hybridized carbons (Fsp3) is 0.375. The number of hydrogen-bond acceptors (Lipinski definition) is 5. The molecule has 2 N–H and O–H groups in total. The number of ether oxygens (including phenoxy) is 1. The van der Waals surface area contributed by atoms with Crippen molar-refractivity contribution in [1.29, 1.82) is 0 Å². The number of halogens is 3. The van der Waals surface area contributed by atoms with Gasteiger partial charge in [0, 0.05) is 13.3 Å². The van der Waals surface area contributed by atoms with Crippen LogP contribution >= 0.6 is 11.3 Å². The highest BCUT2D eigenvalue weighted by atomic mass is 32.1. The summed E-state index contributed by atoms with van der Waals surface area (Å²) in [6.07, 6.45) is -3.01. The lowest BCUT2D eigenvalue weighted by atomic mass is 10.0. The smallest absolute Gasteiger partial charge is 0.315 e. The number of aliphatic hydroxyl groups excluding tert-OH is 1. The molecule has 2 atom stereocenters. The second-order valence-electron chi connectivity index (χ2n) is 5.19. The molecular weight excluding hydrogens is 357 g/mol. The van der Waals surface area contributed by atoms with Gasteiger partial charge in [0.25, 0.3) is 5.91 Å². The third-order valence-corrected chi connectivity index (χ3v) is 4.45. The Balaban J connectivity index is 2.10. The van der Waals surface area contributed by atoms with Gasteiger partial charge in [-0.05, 0) is 11.1 Å². The molecule has 2 rings (SSSR count). The number of nitrogens with zero attached hydrogens (tertiary/aromatic N) is 1. The van der Waals surface area contributed by atoms with Gasteiger partial charge in [0.2, 0.25) is 0 Å². The van der Waals surface area contributed by atoms with Crippen LogP contribution in [0.25, 0.3) is 10.4 Å². The molecule has 1 aromatic heterocycles. The van der Waals surface area contributed by atoms with E-state index < -0.39 is 31.2 Å². The first kappa shape index (κ1) is 19.4. The van der Waals surface area contributed by atoms with Gasteiger partial charge in [-0.25, -0.2) is 9.37 Å². The topological polar surface area (TPSA) is 71.5 Å². The molecule has 0 unspecified atom stereocenters. The predicted molar refractivity (Wildman–Crippen MR) is 87.1 cm³/mol. The van der Waals surface area contributed by atoms with E-state index in [-0.39, 0.29) is 0 Å². The average Bonchev–Trinajstić information content (AvgIpc) is 3.08. The number of methoxy groups -OCH3 is 1. The zero-order valence-electron chi connectivity index (χ0n) is 13.3. The van der Waals surface area contributed by atoms with Crippen LogP contribution in [-0.2, 0) is 16.1 Å². The molecule has 1 amide bonds. The van der Waals surface area contributed by atoms with Gasteiger partial charge in [-0.3, -0.25) is 4.79 Å². The Morgan fingerprint density at radius 1 is 1.36 bits per heavy atom. The molecule has 2 aromatic rings. The van der Waals surface area contributed by atoms with E-state index in [1.165, 1.54) is 11.3 Å². The summed E-state index contributed by atoms with van der Waals surface area (Å²) < 4.78 is 42.5. The zero-order valence-corrected chi connectivity index (χ0v) is 14.1. The number of rotatable bonds is 8. The number of amides is 1. The molecule has 0 spiro atoms. The van der Waals surface area contributed by atoms with E-state index in [2.05, 4.69) is 4.98 Å². The summed E-state index contributed by atoms with van der Waals surface area (Å²) in [5.41, 5.74) is 1.15. The molecule has 0 aliphatic heterocycles. The average molecular weight is 374 g/mol. The number of thiazole rings is 1. The minimum atomic E-state index is -3.27. The monoisotopic (exact) mass is 374 g/mol. The molecule has 0 radical (unpaired) electrons. The Bertz CT molecular complexity index is 694. The summed E-state index contributed by atoms with van der Waals surface area (Å²) in [5.74, 6) is -1.62. The van der Waals surface area contributed by atoms with E-state index in [1.54, 1.807) is 42.9 Å². The number of hydrogen-bond donors (Lipinski definition) is 2. The molecule has 25 heavy (non-hydrogen) atoms. The van der Waals surface area contributed by atoms with Crippen molar-refractivity contribution in [1.82, 2.24) is 10.3 Å². The Kier molecular flexibility index (Phi) is 6.91. The summed E-state index contributed by atoms with van der Waals surface area (Å²) in [6, 6.07) is 5.06. The number of nitrogens with one attached hydrogen (secondary N) is 1. The third kappa shape index (κ3) is 5.00. The zero-order chi connectivity index (χ0) is 18.4. The summed E-state index contributed by atoms with van der Waals surface area (Å²) in [5, 5.41) is 12.7. The van der Waals surface area contributed by atoms with Crippen LogP contribution in [0.5, 0.6) is 0 Å². The summed E-state index contributed by atoms with van der Waals surface area (Å²) in [6.45, 7) is -0.764.